The molecule has 0 aliphatic carbocycles. The van der Waals surface area contributed by atoms with Crippen LogP contribution in [-0.2, 0) is 20.7 Å². The van der Waals surface area contributed by atoms with Crippen LogP contribution < -0.4 is 5.32 Å². The minimum atomic E-state index is -0.884. The number of benzene rings is 2. The molecular formula is C20H20BrNO3. The van der Waals surface area contributed by atoms with Crippen LogP contribution in [0, 0.1) is 0 Å². The van der Waals surface area contributed by atoms with Gasteiger partial charge in [0.25, 0.3) is 5.91 Å². The van der Waals surface area contributed by atoms with Gasteiger partial charge in [0, 0.05) is 16.2 Å². The molecule has 0 saturated heterocycles. The van der Waals surface area contributed by atoms with E-state index in [1.165, 1.54) is 11.6 Å². The maximum Gasteiger partial charge on any atom is 0.331 e. The van der Waals surface area contributed by atoms with Crippen molar-refractivity contribution in [2.45, 2.75) is 26.4 Å². The smallest absolute Gasteiger partial charge is 0.331 e. The van der Waals surface area contributed by atoms with E-state index in [0.29, 0.717) is 5.69 Å². The maximum absolute atomic E-state index is 12.1. The number of esters is 1. The zero-order valence-corrected chi connectivity index (χ0v) is 15.7. The fourth-order valence-electron chi connectivity index (χ4n) is 2.11. The molecule has 0 bridgehead atoms. The van der Waals surface area contributed by atoms with Crippen LogP contribution in [-0.4, -0.2) is 18.0 Å². The monoisotopic (exact) mass is 401 g/mol. The third-order valence-corrected chi connectivity index (χ3v) is 4.05. The molecule has 4 nitrogen and oxygen atoms in total. The van der Waals surface area contributed by atoms with Gasteiger partial charge in [-0.25, -0.2) is 4.79 Å². The molecule has 0 aliphatic rings. The Hall–Kier alpha value is -2.40. The van der Waals surface area contributed by atoms with E-state index in [9.17, 15) is 9.59 Å². The van der Waals surface area contributed by atoms with Gasteiger partial charge in [-0.05, 0) is 54.8 Å². The van der Waals surface area contributed by atoms with E-state index in [0.717, 1.165) is 16.5 Å². The van der Waals surface area contributed by atoms with Crippen molar-refractivity contribution in [3.63, 3.8) is 0 Å². The van der Waals surface area contributed by atoms with Crippen molar-refractivity contribution < 1.29 is 14.3 Å². The topological polar surface area (TPSA) is 55.4 Å². The van der Waals surface area contributed by atoms with Crippen molar-refractivity contribution in [2.75, 3.05) is 5.32 Å². The summed E-state index contributed by atoms with van der Waals surface area (Å²) in [5.41, 5.74) is 2.73. The van der Waals surface area contributed by atoms with Gasteiger partial charge >= 0.3 is 5.97 Å². The fourth-order valence-corrected chi connectivity index (χ4v) is 2.53. The Bertz CT molecular complexity index is 769. The van der Waals surface area contributed by atoms with Gasteiger partial charge in [0.15, 0.2) is 6.10 Å². The van der Waals surface area contributed by atoms with Crippen LogP contribution in [0.25, 0.3) is 6.08 Å². The number of carbonyl (C=O) groups is 2. The largest absolute Gasteiger partial charge is 0.449 e. The highest BCUT2D eigenvalue weighted by Gasteiger charge is 2.16. The molecule has 0 aromatic heterocycles. The normalized spacial score (nSPS) is 12.0. The number of carbonyl (C=O) groups excluding carboxylic acids is 2. The quantitative estimate of drug-likeness (QED) is 0.568. The van der Waals surface area contributed by atoms with Crippen molar-refractivity contribution in [3.05, 3.63) is 70.2 Å². The zero-order valence-electron chi connectivity index (χ0n) is 14.2. The molecular weight excluding hydrogens is 382 g/mol. The lowest BCUT2D eigenvalue weighted by molar-refractivity contribution is -0.148. The molecule has 25 heavy (non-hydrogen) atoms. The third kappa shape index (κ3) is 6.19. The Morgan fingerprint density at radius 1 is 1.20 bits per heavy atom. The van der Waals surface area contributed by atoms with Gasteiger partial charge in [0.2, 0.25) is 0 Å². The molecule has 2 aromatic carbocycles. The highest BCUT2D eigenvalue weighted by Crippen LogP contribution is 2.13. The lowest BCUT2D eigenvalue weighted by Gasteiger charge is -2.12. The number of halogens is 1. The molecule has 1 atom stereocenters. The molecule has 0 spiro atoms. The molecule has 0 aliphatic heterocycles. The van der Waals surface area contributed by atoms with Crippen LogP contribution in [0.4, 0.5) is 5.69 Å². The summed E-state index contributed by atoms with van der Waals surface area (Å²) in [6.45, 7) is 3.61. The van der Waals surface area contributed by atoms with Crippen LogP contribution in [0.1, 0.15) is 25.0 Å². The van der Waals surface area contributed by atoms with Gasteiger partial charge in [-0.2, -0.15) is 0 Å². The van der Waals surface area contributed by atoms with Crippen LogP contribution >= 0.6 is 15.9 Å². The number of anilines is 1. The summed E-state index contributed by atoms with van der Waals surface area (Å²) < 4.78 is 6.05. The minimum Gasteiger partial charge on any atom is -0.449 e. The van der Waals surface area contributed by atoms with E-state index in [2.05, 4.69) is 28.2 Å². The molecule has 0 heterocycles. The first-order valence-electron chi connectivity index (χ1n) is 8.02. The second-order valence-corrected chi connectivity index (χ2v) is 6.42. The van der Waals surface area contributed by atoms with Gasteiger partial charge in [0.1, 0.15) is 0 Å². The predicted molar refractivity (Wildman–Crippen MR) is 103 cm³/mol. The summed E-state index contributed by atoms with van der Waals surface area (Å²) in [6, 6.07) is 15.1. The lowest BCUT2D eigenvalue weighted by atomic mass is 10.1. The Morgan fingerprint density at radius 3 is 2.56 bits per heavy atom. The summed E-state index contributed by atoms with van der Waals surface area (Å²) in [7, 11) is 0. The van der Waals surface area contributed by atoms with E-state index < -0.39 is 12.1 Å². The van der Waals surface area contributed by atoms with Gasteiger partial charge in [-0.15, -0.1) is 0 Å². The minimum absolute atomic E-state index is 0.367. The number of amides is 1. The highest BCUT2D eigenvalue weighted by molar-refractivity contribution is 9.10. The second-order valence-electron chi connectivity index (χ2n) is 5.51. The van der Waals surface area contributed by atoms with E-state index in [1.54, 1.807) is 13.0 Å². The van der Waals surface area contributed by atoms with E-state index in [4.69, 9.17) is 4.74 Å². The van der Waals surface area contributed by atoms with Crippen molar-refractivity contribution in [1.82, 2.24) is 0 Å². The van der Waals surface area contributed by atoms with Crippen LogP contribution in [0.15, 0.2) is 59.1 Å². The molecule has 1 amide bonds. The predicted octanol–water partition coefficient (Wildman–Crippen LogP) is 4.60. The molecule has 130 valence electrons. The van der Waals surface area contributed by atoms with E-state index in [1.807, 2.05) is 48.5 Å². The molecule has 0 fully saturated rings. The van der Waals surface area contributed by atoms with E-state index >= 15 is 0 Å². The SMILES string of the molecule is CCc1ccc(NC(=O)[C@@H](C)OC(=O)/C=C/c2cccc(Br)c2)cc1. The Labute approximate surface area is 156 Å². The number of hydrogen-bond donors (Lipinski definition) is 1. The molecule has 0 unspecified atom stereocenters. The summed E-state index contributed by atoms with van der Waals surface area (Å²) in [4.78, 5) is 24.0. The Kier molecular flexibility index (Phi) is 6.95. The standard InChI is InChI=1S/C20H20BrNO3/c1-3-15-7-10-18(11-8-15)22-20(24)14(2)25-19(23)12-9-16-5-4-6-17(21)13-16/h4-14H,3H2,1-2H3,(H,22,24)/b12-9+/t14-/m1/s1. The summed E-state index contributed by atoms with van der Waals surface area (Å²) in [5.74, 6) is -0.933. The van der Waals surface area contributed by atoms with Gasteiger partial charge in [-0.3, -0.25) is 4.79 Å². The van der Waals surface area contributed by atoms with Crippen LogP contribution in [0.5, 0.6) is 0 Å². The number of hydrogen-bond acceptors (Lipinski definition) is 3. The number of aryl methyl sites for hydroxylation is 1. The molecule has 0 saturated carbocycles. The average Bonchev–Trinajstić information content (AvgIpc) is 2.60. The fraction of sp³-hybridized carbons (Fsp3) is 0.200. The molecule has 0 radical (unpaired) electrons. The van der Waals surface area contributed by atoms with Crippen LogP contribution in [0.3, 0.4) is 0 Å². The number of ether oxygens (including phenoxy) is 1. The first-order chi connectivity index (χ1) is 12.0. The first-order valence-corrected chi connectivity index (χ1v) is 8.81. The van der Waals surface area contributed by atoms with Crippen molar-refractivity contribution in [2.24, 2.45) is 0 Å². The van der Waals surface area contributed by atoms with Gasteiger partial charge in [-0.1, -0.05) is 47.1 Å². The molecule has 1 N–H and O–H groups in total. The van der Waals surface area contributed by atoms with Crippen LogP contribution in [0.2, 0.25) is 0 Å². The van der Waals surface area contributed by atoms with Crippen molar-refractivity contribution in [1.29, 1.82) is 0 Å². The van der Waals surface area contributed by atoms with Gasteiger partial charge in [0.05, 0.1) is 0 Å². The Balaban J connectivity index is 1.87. The zero-order chi connectivity index (χ0) is 18.2. The third-order valence-electron chi connectivity index (χ3n) is 3.55. The molecule has 2 aromatic rings. The van der Waals surface area contributed by atoms with Crippen molar-refractivity contribution in [3.8, 4) is 0 Å². The average molecular weight is 402 g/mol. The number of nitrogens with one attached hydrogen (secondary N) is 1. The lowest BCUT2D eigenvalue weighted by Crippen LogP contribution is -2.29. The summed E-state index contributed by atoms with van der Waals surface area (Å²) in [6.07, 6.45) is 3.00. The first kappa shape index (κ1) is 18.9. The molecule has 5 heteroatoms. The Morgan fingerprint density at radius 2 is 1.92 bits per heavy atom. The maximum atomic E-state index is 12.1. The summed E-state index contributed by atoms with van der Waals surface area (Å²) in [5, 5.41) is 2.73. The second kappa shape index (κ2) is 9.18. The van der Waals surface area contributed by atoms with Crippen molar-refractivity contribution >= 4 is 39.6 Å². The van der Waals surface area contributed by atoms with Gasteiger partial charge < -0.3 is 10.1 Å². The number of rotatable bonds is 6. The van der Waals surface area contributed by atoms with E-state index in [-0.39, 0.29) is 5.91 Å². The highest BCUT2D eigenvalue weighted by atomic mass is 79.9. The summed E-state index contributed by atoms with van der Waals surface area (Å²) >= 11 is 3.37. The molecule has 2 rings (SSSR count).